The van der Waals surface area contributed by atoms with E-state index in [1.165, 1.54) is 11.6 Å². The normalized spacial score (nSPS) is 17.1. The molecule has 46 heavy (non-hydrogen) atoms. The Kier molecular flexibility index (Phi) is 8.75. The third-order valence-electron chi connectivity index (χ3n) is 8.79. The fourth-order valence-electron chi connectivity index (χ4n) is 6.25. The van der Waals surface area contributed by atoms with Gasteiger partial charge in [-0.1, -0.05) is 12.8 Å². The van der Waals surface area contributed by atoms with Gasteiger partial charge in [0.2, 0.25) is 0 Å². The fraction of sp³-hybridized carbons (Fsp3) is 0.424. The number of fused-ring (bicyclic) bond motifs is 1. The van der Waals surface area contributed by atoms with Crippen molar-refractivity contribution in [1.29, 1.82) is 0 Å². The number of aromatic nitrogens is 5. The number of piperidine rings is 1. The van der Waals surface area contributed by atoms with Gasteiger partial charge in [-0.05, 0) is 63.0 Å². The van der Waals surface area contributed by atoms with Gasteiger partial charge in [0.1, 0.15) is 24.0 Å². The van der Waals surface area contributed by atoms with Crippen LogP contribution in [-0.4, -0.2) is 95.7 Å². The Morgan fingerprint density at radius 2 is 1.91 bits per heavy atom. The molecule has 0 aliphatic carbocycles. The molecule has 2 fully saturated rings. The number of piperazine rings is 1. The average Bonchev–Trinajstić information content (AvgIpc) is 3.70. The van der Waals surface area contributed by atoms with Gasteiger partial charge in [0.05, 0.1) is 11.9 Å². The summed E-state index contributed by atoms with van der Waals surface area (Å²) in [6, 6.07) is 5.58. The van der Waals surface area contributed by atoms with E-state index in [0.717, 1.165) is 11.3 Å². The van der Waals surface area contributed by atoms with Gasteiger partial charge in [0.25, 0.3) is 11.8 Å². The van der Waals surface area contributed by atoms with Gasteiger partial charge in [-0.2, -0.15) is 5.10 Å². The predicted molar refractivity (Wildman–Crippen MR) is 171 cm³/mol. The molecule has 2 aliphatic heterocycles. The van der Waals surface area contributed by atoms with Gasteiger partial charge in [0, 0.05) is 61.6 Å². The van der Waals surface area contributed by atoms with E-state index in [1.807, 2.05) is 29.5 Å². The number of hydrogen-bond donors (Lipinski definition) is 3. The third kappa shape index (κ3) is 5.93. The topological polar surface area (TPSA) is 133 Å². The maximum atomic E-state index is 14.5. The van der Waals surface area contributed by atoms with Crippen molar-refractivity contribution in [3.05, 3.63) is 59.8 Å². The van der Waals surface area contributed by atoms with E-state index in [0.29, 0.717) is 86.8 Å². The van der Waals surface area contributed by atoms with Crippen molar-refractivity contribution in [3.63, 3.8) is 0 Å². The number of benzene rings is 1. The second-order valence-electron chi connectivity index (χ2n) is 11.8. The Balaban J connectivity index is 1.18. The minimum Gasteiger partial charge on any atom is -0.380 e. The number of amides is 2. The van der Waals surface area contributed by atoms with Crippen molar-refractivity contribution in [1.82, 2.24) is 39.3 Å². The SMILES string of the molecule is C#CCn1cc(-c2cnc3c(Nc4ccc(C(=O)N5CCN(C(=O)C6(O)CCNCC6)CC5)c(CC)c4)nccn23)c(C(C)F)n1. The molecule has 1 unspecified atom stereocenters. The van der Waals surface area contributed by atoms with E-state index >= 15 is 0 Å². The van der Waals surface area contributed by atoms with Crippen LogP contribution in [0.15, 0.2) is 43.0 Å². The molecule has 2 saturated heterocycles. The lowest BCUT2D eigenvalue weighted by molar-refractivity contribution is -0.155. The quantitative estimate of drug-likeness (QED) is 0.254. The molecule has 1 atom stereocenters. The first kappa shape index (κ1) is 31.2. The smallest absolute Gasteiger partial charge is 0.254 e. The number of alkyl halides is 1. The lowest BCUT2D eigenvalue weighted by atomic mass is 9.90. The minimum absolute atomic E-state index is 0.0857. The number of imidazole rings is 1. The second kappa shape index (κ2) is 12.9. The van der Waals surface area contributed by atoms with Crippen LogP contribution >= 0.6 is 0 Å². The molecule has 240 valence electrons. The molecule has 4 aromatic rings. The van der Waals surface area contributed by atoms with Crippen molar-refractivity contribution in [2.45, 2.75) is 51.4 Å². The summed E-state index contributed by atoms with van der Waals surface area (Å²) in [6.45, 7) is 6.46. The van der Waals surface area contributed by atoms with E-state index in [2.05, 4.69) is 31.6 Å². The zero-order valence-corrected chi connectivity index (χ0v) is 26.0. The molecular formula is C33H38FN9O3. The molecule has 2 aliphatic rings. The molecule has 0 saturated carbocycles. The van der Waals surface area contributed by atoms with Crippen LogP contribution in [0.5, 0.6) is 0 Å². The van der Waals surface area contributed by atoms with Crippen LogP contribution in [0.2, 0.25) is 0 Å². The number of nitrogens with zero attached hydrogens (tertiary/aromatic N) is 7. The maximum absolute atomic E-state index is 14.5. The summed E-state index contributed by atoms with van der Waals surface area (Å²) in [5, 5.41) is 21.7. The molecule has 0 radical (unpaired) electrons. The zero-order valence-electron chi connectivity index (χ0n) is 26.0. The Morgan fingerprint density at radius 1 is 1.17 bits per heavy atom. The Bertz CT molecular complexity index is 1790. The minimum atomic E-state index is -1.33. The number of nitrogens with one attached hydrogen (secondary N) is 2. The molecule has 0 spiro atoms. The molecule has 0 bridgehead atoms. The van der Waals surface area contributed by atoms with Crippen molar-refractivity contribution in [3.8, 4) is 23.6 Å². The molecule has 13 heteroatoms. The number of carbonyl (C=O) groups is 2. The summed E-state index contributed by atoms with van der Waals surface area (Å²) in [7, 11) is 0. The van der Waals surface area contributed by atoms with Gasteiger partial charge in [-0.25, -0.2) is 14.4 Å². The van der Waals surface area contributed by atoms with Gasteiger partial charge < -0.3 is 25.5 Å². The Labute approximate surface area is 266 Å². The first-order valence-corrected chi connectivity index (χ1v) is 15.6. The van der Waals surface area contributed by atoms with Crippen LogP contribution in [0.4, 0.5) is 15.9 Å². The van der Waals surface area contributed by atoms with E-state index in [9.17, 15) is 19.1 Å². The summed E-state index contributed by atoms with van der Waals surface area (Å²) in [6.07, 6.45) is 12.3. The van der Waals surface area contributed by atoms with Crippen molar-refractivity contribution >= 4 is 29.0 Å². The Hall–Kier alpha value is -4.80. The van der Waals surface area contributed by atoms with E-state index in [-0.39, 0.29) is 24.1 Å². The molecule has 1 aromatic carbocycles. The summed E-state index contributed by atoms with van der Waals surface area (Å²) in [5.74, 6) is 2.70. The Morgan fingerprint density at radius 3 is 2.61 bits per heavy atom. The number of terminal acetylenes is 1. The third-order valence-corrected chi connectivity index (χ3v) is 8.79. The number of halogens is 1. The van der Waals surface area contributed by atoms with Crippen molar-refractivity contribution < 1.29 is 19.1 Å². The molecule has 6 rings (SSSR count). The lowest BCUT2D eigenvalue weighted by Gasteiger charge is -2.40. The molecule has 12 nitrogen and oxygen atoms in total. The van der Waals surface area contributed by atoms with Gasteiger partial charge in [-0.3, -0.25) is 18.7 Å². The van der Waals surface area contributed by atoms with Gasteiger partial charge >= 0.3 is 0 Å². The molecule has 2 amide bonds. The number of aliphatic hydroxyl groups is 1. The number of hydrogen-bond acceptors (Lipinski definition) is 8. The predicted octanol–water partition coefficient (Wildman–Crippen LogP) is 2.96. The summed E-state index contributed by atoms with van der Waals surface area (Å²) in [5.41, 5.74) is 2.97. The molecule has 5 heterocycles. The van der Waals surface area contributed by atoms with E-state index in [1.54, 1.807) is 34.6 Å². The summed E-state index contributed by atoms with van der Waals surface area (Å²) >= 11 is 0. The number of aryl methyl sites for hydroxylation is 1. The molecule has 3 aromatic heterocycles. The van der Waals surface area contributed by atoms with Crippen LogP contribution in [0, 0.1) is 12.3 Å². The first-order chi connectivity index (χ1) is 22.2. The molecular weight excluding hydrogens is 589 g/mol. The monoisotopic (exact) mass is 627 g/mol. The lowest BCUT2D eigenvalue weighted by Crippen LogP contribution is -2.59. The highest BCUT2D eigenvalue weighted by molar-refractivity contribution is 5.96. The van der Waals surface area contributed by atoms with Crippen molar-refractivity contribution in [2.75, 3.05) is 44.6 Å². The highest BCUT2D eigenvalue weighted by Gasteiger charge is 2.41. The maximum Gasteiger partial charge on any atom is 0.254 e. The fourth-order valence-corrected chi connectivity index (χ4v) is 6.25. The second-order valence-corrected chi connectivity index (χ2v) is 11.8. The zero-order chi connectivity index (χ0) is 32.4. The van der Waals surface area contributed by atoms with Crippen LogP contribution in [0.3, 0.4) is 0 Å². The van der Waals surface area contributed by atoms with E-state index in [4.69, 9.17) is 6.42 Å². The number of anilines is 2. The molecule has 3 N–H and O–H groups in total. The average molecular weight is 628 g/mol. The number of rotatable bonds is 8. The highest BCUT2D eigenvalue weighted by Crippen LogP contribution is 2.32. The van der Waals surface area contributed by atoms with E-state index < -0.39 is 11.8 Å². The van der Waals surface area contributed by atoms with Crippen LogP contribution in [0.1, 0.15) is 54.5 Å². The van der Waals surface area contributed by atoms with Crippen molar-refractivity contribution in [2.24, 2.45) is 0 Å². The standard InChI is InChI=1S/C33H38FN9O3/c1-4-13-42-21-26(28(39-42)22(3)34)27-20-37-30-29(36-12-14-43(27)30)38-24-6-7-25(23(5-2)19-24)31(44)40-15-17-41(18-16-40)32(45)33(46)8-10-35-11-9-33/h1,6-7,12,14,19-22,35,46H,5,8-11,13,15-18H2,2-3H3,(H,36,38). The van der Waals surface area contributed by atoms with Crippen LogP contribution in [-0.2, 0) is 17.8 Å². The summed E-state index contributed by atoms with van der Waals surface area (Å²) in [4.78, 5) is 39.2. The van der Waals surface area contributed by atoms with Crippen LogP contribution in [0.25, 0.3) is 16.9 Å². The van der Waals surface area contributed by atoms with Gasteiger partial charge in [-0.15, -0.1) is 6.42 Å². The van der Waals surface area contributed by atoms with Gasteiger partial charge in [0.15, 0.2) is 11.5 Å². The van der Waals surface area contributed by atoms with Crippen LogP contribution < -0.4 is 10.6 Å². The first-order valence-electron chi connectivity index (χ1n) is 15.6. The summed E-state index contributed by atoms with van der Waals surface area (Å²) < 4.78 is 17.8. The number of carbonyl (C=O) groups excluding carboxylic acids is 2. The highest BCUT2D eigenvalue weighted by atomic mass is 19.1. The largest absolute Gasteiger partial charge is 0.380 e.